The molecule has 2 N–H and O–H groups in total. The van der Waals surface area contributed by atoms with Gasteiger partial charge >= 0.3 is 6.03 Å². The van der Waals surface area contributed by atoms with Crippen LogP contribution in [0.2, 0.25) is 0 Å². The number of nitrogens with one attached hydrogen (secondary N) is 2. The van der Waals surface area contributed by atoms with E-state index in [2.05, 4.69) is 15.7 Å². The largest absolute Gasteiger partial charge is 0.486 e. The maximum Gasteiger partial charge on any atom is 0.319 e. The molecule has 4 rings (SSSR count). The van der Waals surface area contributed by atoms with Crippen LogP contribution >= 0.6 is 0 Å². The van der Waals surface area contributed by atoms with Gasteiger partial charge in [0.2, 0.25) is 0 Å². The number of anilines is 1. The van der Waals surface area contributed by atoms with E-state index in [1.54, 1.807) is 17.1 Å². The Hall–Kier alpha value is -3.48. The summed E-state index contributed by atoms with van der Waals surface area (Å²) in [4.78, 5) is 12.0. The lowest BCUT2D eigenvalue weighted by Crippen LogP contribution is -2.33. The molecule has 0 radical (unpaired) electrons. The van der Waals surface area contributed by atoms with Crippen molar-refractivity contribution in [2.75, 3.05) is 18.5 Å². The van der Waals surface area contributed by atoms with Crippen LogP contribution in [0, 0.1) is 0 Å². The summed E-state index contributed by atoms with van der Waals surface area (Å²) in [6, 6.07) is 17.4. The second kappa shape index (κ2) is 8.47. The van der Waals surface area contributed by atoms with Crippen LogP contribution in [-0.2, 0) is 13.0 Å². The van der Waals surface area contributed by atoms with E-state index in [0.29, 0.717) is 25.4 Å². The van der Waals surface area contributed by atoms with Crippen molar-refractivity contribution in [3.63, 3.8) is 0 Å². The van der Waals surface area contributed by atoms with Crippen LogP contribution < -0.4 is 20.1 Å². The first-order valence-corrected chi connectivity index (χ1v) is 9.26. The van der Waals surface area contributed by atoms with Gasteiger partial charge in [0.05, 0.1) is 18.4 Å². The molecule has 3 aromatic rings. The Kier molecular flexibility index (Phi) is 5.42. The molecular weight excluding hydrogens is 356 g/mol. The van der Waals surface area contributed by atoms with Crippen molar-refractivity contribution < 1.29 is 14.3 Å². The summed E-state index contributed by atoms with van der Waals surface area (Å²) in [7, 11) is 0. The minimum absolute atomic E-state index is 0.137. The van der Waals surface area contributed by atoms with E-state index in [4.69, 9.17) is 9.47 Å². The molecule has 0 spiro atoms. The highest BCUT2D eigenvalue weighted by molar-refractivity contribution is 5.88. The Morgan fingerprint density at radius 1 is 1.11 bits per heavy atom. The van der Waals surface area contributed by atoms with Crippen molar-refractivity contribution in [3.05, 3.63) is 72.6 Å². The quantitative estimate of drug-likeness (QED) is 0.691. The number of nitrogens with zero attached hydrogens (tertiary/aromatic N) is 2. The first kappa shape index (κ1) is 17.9. The second-order valence-corrected chi connectivity index (χ2v) is 6.57. The van der Waals surface area contributed by atoms with Gasteiger partial charge in [0.15, 0.2) is 17.6 Å². The Labute approximate surface area is 163 Å². The smallest absolute Gasteiger partial charge is 0.319 e. The third-order valence-corrected chi connectivity index (χ3v) is 4.39. The first-order valence-electron chi connectivity index (χ1n) is 9.26. The zero-order chi connectivity index (χ0) is 19.2. The normalized spacial score (nSPS) is 15.1. The SMILES string of the molecule is O=C(NCCc1ccccc1)Nc1cnn(C[C@@H]2COc3ccccc3O2)c1. The molecular formula is C21H22N4O3. The van der Waals surface area contributed by atoms with Crippen molar-refractivity contribution in [1.82, 2.24) is 15.1 Å². The molecule has 1 aromatic heterocycles. The molecule has 0 fully saturated rings. The summed E-state index contributed by atoms with van der Waals surface area (Å²) in [5, 5.41) is 9.93. The summed E-state index contributed by atoms with van der Waals surface area (Å²) in [6.45, 7) is 1.56. The number of carbonyl (C=O) groups is 1. The van der Waals surface area contributed by atoms with Gasteiger partial charge in [-0.1, -0.05) is 42.5 Å². The monoisotopic (exact) mass is 378 g/mol. The number of hydrogen-bond donors (Lipinski definition) is 2. The Morgan fingerprint density at radius 2 is 1.89 bits per heavy atom. The van der Waals surface area contributed by atoms with Crippen molar-refractivity contribution in [3.8, 4) is 11.5 Å². The number of para-hydroxylation sites is 2. The molecule has 0 bridgehead atoms. The summed E-state index contributed by atoms with van der Waals surface area (Å²) < 4.78 is 13.4. The average Bonchev–Trinajstić information content (AvgIpc) is 3.15. The summed E-state index contributed by atoms with van der Waals surface area (Å²) >= 11 is 0. The van der Waals surface area contributed by atoms with E-state index in [0.717, 1.165) is 17.9 Å². The fourth-order valence-corrected chi connectivity index (χ4v) is 3.03. The predicted octanol–water partition coefficient (Wildman–Crippen LogP) is 3.09. The lowest BCUT2D eigenvalue weighted by atomic mass is 10.1. The lowest BCUT2D eigenvalue weighted by Gasteiger charge is -2.26. The van der Waals surface area contributed by atoms with Crippen LogP contribution in [0.25, 0.3) is 0 Å². The molecule has 1 atom stereocenters. The Bertz CT molecular complexity index is 926. The van der Waals surface area contributed by atoms with Crippen molar-refractivity contribution >= 4 is 11.7 Å². The van der Waals surface area contributed by atoms with Gasteiger partial charge in [-0.15, -0.1) is 0 Å². The van der Waals surface area contributed by atoms with Crippen LogP contribution in [-0.4, -0.2) is 35.1 Å². The van der Waals surface area contributed by atoms with Gasteiger partial charge in [-0.05, 0) is 24.1 Å². The molecule has 0 saturated carbocycles. The molecule has 7 nitrogen and oxygen atoms in total. The van der Waals surface area contributed by atoms with E-state index in [-0.39, 0.29) is 12.1 Å². The Morgan fingerprint density at radius 3 is 2.75 bits per heavy atom. The maximum atomic E-state index is 12.0. The number of rotatable bonds is 6. The molecule has 1 aliphatic heterocycles. The zero-order valence-corrected chi connectivity index (χ0v) is 15.4. The zero-order valence-electron chi connectivity index (χ0n) is 15.4. The number of urea groups is 1. The fraction of sp³-hybridized carbons (Fsp3) is 0.238. The summed E-state index contributed by atoms with van der Waals surface area (Å²) in [5.74, 6) is 1.50. The van der Waals surface area contributed by atoms with E-state index in [9.17, 15) is 4.79 Å². The highest BCUT2D eigenvalue weighted by Crippen LogP contribution is 2.31. The molecule has 1 aliphatic rings. The van der Waals surface area contributed by atoms with Gasteiger partial charge in [-0.25, -0.2) is 4.79 Å². The van der Waals surface area contributed by atoms with Crippen LogP contribution in [0.3, 0.4) is 0 Å². The van der Waals surface area contributed by atoms with E-state index in [1.807, 2.05) is 54.6 Å². The van der Waals surface area contributed by atoms with Gasteiger partial charge in [0, 0.05) is 12.7 Å². The molecule has 0 aliphatic carbocycles. The van der Waals surface area contributed by atoms with Crippen LogP contribution in [0.1, 0.15) is 5.56 Å². The minimum atomic E-state index is -0.248. The summed E-state index contributed by atoms with van der Waals surface area (Å²) in [5.41, 5.74) is 1.82. The Balaban J connectivity index is 1.23. The third-order valence-electron chi connectivity index (χ3n) is 4.39. The van der Waals surface area contributed by atoms with E-state index in [1.165, 1.54) is 5.56 Å². The van der Waals surface area contributed by atoms with E-state index >= 15 is 0 Å². The van der Waals surface area contributed by atoms with Crippen LogP contribution in [0.15, 0.2) is 67.0 Å². The number of benzene rings is 2. The van der Waals surface area contributed by atoms with E-state index < -0.39 is 0 Å². The molecule has 0 saturated heterocycles. The molecule has 7 heteroatoms. The topological polar surface area (TPSA) is 77.4 Å². The van der Waals surface area contributed by atoms with Crippen molar-refractivity contribution in [2.45, 2.75) is 19.1 Å². The number of fused-ring (bicyclic) bond motifs is 1. The van der Waals surface area contributed by atoms with Gasteiger partial charge < -0.3 is 20.1 Å². The van der Waals surface area contributed by atoms with Crippen LogP contribution in [0.4, 0.5) is 10.5 Å². The number of amides is 2. The standard InChI is InChI=1S/C21H22N4O3/c26-21(22-11-10-16-6-2-1-3-7-16)24-17-12-23-25(13-17)14-18-15-27-19-8-4-5-9-20(19)28-18/h1-9,12-13,18H,10-11,14-15H2,(H2,22,24,26)/t18-/m1/s1. The summed E-state index contributed by atoms with van der Waals surface area (Å²) in [6.07, 6.45) is 4.05. The predicted molar refractivity (Wildman–Crippen MR) is 106 cm³/mol. The number of hydrogen-bond acceptors (Lipinski definition) is 4. The van der Waals surface area contributed by atoms with Gasteiger partial charge in [-0.3, -0.25) is 4.68 Å². The first-order chi connectivity index (χ1) is 13.8. The number of ether oxygens (including phenoxy) is 2. The fourth-order valence-electron chi connectivity index (χ4n) is 3.03. The highest BCUT2D eigenvalue weighted by Gasteiger charge is 2.21. The number of aromatic nitrogens is 2. The van der Waals surface area contributed by atoms with Gasteiger partial charge in [0.1, 0.15) is 6.61 Å². The van der Waals surface area contributed by atoms with Crippen molar-refractivity contribution in [2.24, 2.45) is 0 Å². The molecule has 0 unspecified atom stereocenters. The lowest BCUT2D eigenvalue weighted by molar-refractivity contribution is 0.0759. The minimum Gasteiger partial charge on any atom is -0.486 e. The van der Waals surface area contributed by atoms with Gasteiger partial charge in [-0.2, -0.15) is 5.10 Å². The highest BCUT2D eigenvalue weighted by atomic mass is 16.6. The molecule has 28 heavy (non-hydrogen) atoms. The molecule has 2 aromatic carbocycles. The van der Waals surface area contributed by atoms with Gasteiger partial charge in [0.25, 0.3) is 0 Å². The molecule has 2 heterocycles. The third kappa shape index (κ3) is 4.62. The van der Waals surface area contributed by atoms with Crippen LogP contribution in [0.5, 0.6) is 11.5 Å². The van der Waals surface area contributed by atoms with Crippen molar-refractivity contribution in [1.29, 1.82) is 0 Å². The molecule has 2 amide bonds. The average molecular weight is 378 g/mol. The second-order valence-electron chi connectivity index (χ2n) is 6.57. The number of carbonyl (C=O) groups excluding carboxylic acids is 1. The maximum absolute atomic E-state index is 12.0. The molecule has 144 valence electrons.